The maximum atomic E-state index is 7.61. The molecule has 0 radical (unpaired) electrons. The highest BCUT2D eigenvalue weighted by Crippen LogP contribution is 2.56. The third kappa shape index (κ3) is 8.85. The van der Waals surface area contributed by atoms with Gasteiger partial charge in [-0.25, -0.2) is 0 Å². The minimum Gasteiger partial charge on any atom is -0.468 e. The molecule has 9 heteroatoms. The number of nitrogens with zero attached hydrogens (tertiary/aromatic N) is 4. The van der Waals surface area contributed by atoms with Crippen molar-refractivity contribution in [3.8, 4) is 0 Å². The van der Waals surface area contributed by atoms with Crippen LogP contribution in [-0.4, -0.2) is 13.4 Å². The Balaban J connectivity index is 1.11. The second-order valence-electron chi connectivity index (χ2n) is 31.9. The van der Waals surface area contributed by atoms with Gasteiger partial charge in [0.25, 0.3) is 6.71 Å². The van der Waals surface area contributed by atoms with Crippen LogP contribution in [0.4, 0.5) is 68.4 Å². The van der Waals surface area contributed by atoms with Crippen molar-refractivity contribution in [2.45, 2.75) is 157 Å². The molecule has 0 saturated carbocycles. The number of furan rings is 2. The van der Waals surface area contributed by atoms with Crippen molar-refractivity contribution in [1.29, 1.82) is 0 Å². The maximum Gasteiger partial charge on any atom is 0.309 e. The molecule has 7 heterocycles. The highest BCUT2D eigenvalue weighted by molar-refractivity contribution is 7.39. The van der Waals surface area contributed by atoms with E-state index in [2.05, 4.69) is 314 Å². The molecule has 446 valence electrons. The fraction of sp³-hybridized carbons (Fsp3) is 0.300. The van der Waals surface area contributed by atoms with Crippen molar-refractivity contribution in [2.75, 3.05) is 19.6 Å². The first kappa shape index (κ1) is 57.3. The zero-order valence-electron chi connectivity index (χ0n) is 55.3. The van der Waals surface area contributed by atoms with E-state index in [0.717, 1.165) is 73.3 Å². The summed E-state index contributed by atoms with van der Waals surface area (Å²) in [6, 6.07) is 65.2. The van der Waals surface area contributed by atoms with Gasteiger partial charge in [0.2, 0.25) is 5.88 Å². The minimum atomic E-state index is -0.281. The molecule has 6 nitrogen and oxygen atoms in total. The summed E-state index contributed by atoms with van der Waals surface area (Å²) < 4.78 is 17.6. The van der Waals surface area contributed by atoms with Gasteiger partial charge in [-0.05, 0) is 168 Å². The van der Waals surface area contributed by atoms with Gasteiger partial charge < -0.3 is 23.5 Å². The molecule has 0 spiro atoms. The fourth-order valence-electron chi connectivity index (χ4n) is 14.5. The van der Waals surface area contributed by atoms with Gasteiger partial charge in [-0.15, -0.1) is 0 Å². The lowest BCUT2D eigenvalue weighted by atomic mass is 9.35. The summed E-state index contributed by atoms with van der Waals surface area (Å²) >= 11 is 1.98. The second kappa shape index (κ2) is 19.2. The van der Waals surface area contributed by atoms with Crippen LogP contribution in [0.15, 0.2) is 179 Å². The summed E-state index contributed by atoms with van der Waals surface area (Å²) in [5.74, 6) is 0.866. The Morgan fingerprint density at radius 3 is 1.01 bits per heavy atom. The van der Waals surface area contributed by atoms with Crippen LogP contribution in [-0.2, 0) is 32.5 Å². The first-order valence-corrected chi connectivity index (χ1v) is 33.0. The van der Waals surface area contributed by atoms with Crippen LogP contribution < -0.4 is 51.2 Å². The average Bonchev–Trinajstić information content (AvgIpc) is 1.59. The summed E-state index contributed by atoms with van der Waals surface area (Å²) in [4.78, 5) is 10.4. The highest BCUT2D eigenvalue weighted by atomic mass is 32.1. The van der Waals surface area contributed by atoms with Crippen LogP contribution in [0.25, 0.3) is 21.9 Å². The number of thiophene rings is 1. The van der Waals surface area contributed by atoms with Crippen molar-refractivity contribution in [3.05, 3.63) is 203 Å². The average molecular weight is 1190 g/mol. The molecule has 11 aromatic rings. The number of hydrogen-bond acceptors (Lipinski definition) is 7. The molecule has 3 aromatic heterocycles. The summed E-state index contributed by atoms with van der Waals surface area (Å²) in [5.41, 5.74) is 26.1. The molecule has 15 rings (SSSR count). The van der Waals surface area contributed by atoms with Crippen molar-refractivity contribution in [1.82, 2.24) is 0 Å². The minimum absolute atomic E-state index is 0.0167. The van der Waals surface area contributed by atoms with E-state index < -0.39 is 0 Å². The van der Waals surface area contributed by atoms with E-state index in [1.807, 2.05) is 11.3 Å². The Labute approximate surface area is 532 Å². The SMILES string of the molecule is CC(C)(C)c1ccc(N2c3cc(C(C)(C)C)cc4c3B(c3sc5c(c3N4c3ccc(C(C)(C)C)cc3)N(c3ccc(C(C)(C)C)cc3)c3cc(C(C)(C)C)cc4c3B5c3oc5ccccc5c3N4c3ccc(C(C)(C)C)cc3)c3c2oc2ccccc32)cc1. The lowest BCUT2D eigenvalue weighted by Gasteiger charge is -2.45. The lowest BCUT2D eigenvalue weighted by molar-refractivity contribution is 0.589. The predicted molar refractivity (Wildman–Crippen MR) is 384 cm³/mol. The van der Waals surface area contributed by atoms with Crippen LogP contribution in [0.2, 0.25) is 0 Å². The molecule has 0 bridgehead atoms. The number of anilines is 12. The van der Waals surface area contributed by atoms with Gasteiger partial charge in [-0.2, -0.15) is 11.3 Å². The van der Waals surface area contributed by atoms with E-state index in [1.54, 1.807) is 0 Å². The second-order valence-corrected chi connectivity index (χ2v) is 33.0. The molecule has 0 amide bonds. The molecule has 0 atom stereocenters. The maximum absolute atomic E-state index is 7.61. The topological polar surface area (TPSA) is 39.2 Å². The highest BCUT2D eigenvalue weighted by Gasteiger charge is 2.55. The Morgan fingerprint density at radius 1 is 0.303 bits per heavy atom. The van der Waals surface area contributed by atoms with Gasteiger partial charge >= 0.3 is 6.71 Å². The van der Waals surface area contributed by atoms with Crippen LogP contribution in [0.1, 0.15) is 158 Å². The number of hydrogen-bond donors (Lipinski definition) is 0. The molecule has 0 unspecified atom stereocenters. The molecule has 4 aliphatic heterocycles. The molecule has 89 heavy (non-hydrogen) atoms. The number of fused-ring (bicyclic) bond motifs is 13. The van der Waals surface area contributed by atoms with Crippen molar-refractivity contribution in [3.63, 3.8) is 0 Å². The zero-order valence-corrected chi connectivity index (χ0v) is 56.2. The zero-order chi connectivity index (χ0) is 62.6. The normalized spacial score (nSPS) is 14.7. The Hall–Kier alpha value is -8.13. The first-order chi connectivity index (χ1) is 41.9. The van der Waals surface area contributed by atoms with E-state index in [0.29, 0.717) is 0 Å². The summed E-state index contributed by atoms with van der Waals surface area (Å²) in [7, 11) is 0. The van der Waals surface area contributed by atoms with Crippen LogP contribution >= 0.6 is 11.3 Å². The van der Waals surface area contributed by atoms with Crippen LogP contribution in [0.3, 0.4) is 0 Å². The molecule has 4 aliphatic rings. The summed E-state index contributed by atoms with van der Waals surface area (Å²) in [6.45, 7) is 41.4. The lowest BCUT2D eigenvalue weighted by Crippen LogP contribution is -2.60. The molecule has 0 saturated heterocycles. The summed E-state index contributed by atoms with van der Waals surface area (Å²) in [5, 5.41) is 2.23. The summed E-state index contributed by atoms with van der Waals surface area (Å²) in [6.07, 6.45) is 0. The molecular formula is C80H82B2N4O2S. The van der Waals surface area contributed by atoms with E-state index in [4.69, 9.17) is 8.83 Å². The van der Waals surface area contributed by atoms with Gasteiger partial charge in [-0.1, -0.05) is 203 Å². The molecule has 0 N–H and O–H groups in total. The molecule has 0 aliphatic carbocycles. The van der Waals surface area contributed by atoms with E-state index in [9.17, 15) is 0 Å². The predicted octanol–water partition coefficient (Wildman–Crippen LogP) is 19.2. The van der Waals surface area contributed by atoms with Gasteiger partial charge in [0.05, 0.1) is 17.1 Å². The number of para-hydroxylation sites is 2. The monoisotopic (exact) mass is 1180 g/mol. The standard InChI is InChI=1S/C80H82B2N4O2S/c1-75(2,3)47-27-35-53(36-28-47)83-60-44-51(79(13,14)15)45-61-67(60)82(71-68(83)58-24-20-22-26-64(58)87-71)73-70(85(61)55-39-31-49(32-40-55)77(7,8)9)69-72(89-73)81-65-57-23-19-21-25-63(57)88-74(65)86(56-41-33-50(34-42-56)78(10,11)12)62-46-52(80(16,17)18)43-59(66(62)81)84(69)54-37-29-48(30-38-54)76(4,5)6/h19-46H,1-18H3. The molecule has 8 aromatic carbocycles. The van der Waals surface area contributed by atoms with Crippen LogP contribution in [0.5, 0.6) is 0 Å². The quantitative estimate of drug-likeness (QED) is 0.164. The van der Waals surface area contributed by atoms with Gasteiger partial charge in [0.1, 0.15) is 16.8 Å². The smallest absolute Gasteiger partial charge is 0.309 e. The van der Waals surface area contributed by atoms with Gasteiger partial charge in [-0.3, -0.25) is 4.90 Å². The number of benzene rings is 8. The fourth-order valence-corrected chi connectivity index (χ4v) is 16.0. The third-order valence-electron chi connectivity index (χ3n) is 19.6. The van der Waals surface area contributed by atoms with Gasteiger partial charge in [0, 0.05) is 71.3 Å². The van der Waals surface area contributed by atoms with E-state index >= 15 is 0 Å². The van der Waals surface area contributed by atoms with Crippen LogP contribution in [0, 0.1) is 0 Å². The van der Waals surface area contributed by atoms with Crippen molar-refractivity contribution in [2.24, 2.45) is 0 Å². The number of rotatable bonds is 4. The Morgan fingerprint density at radius 2 is 0.618 bits per heavy atom. The molecular weight excluding hydrogens is 1100 g/mol. The van der Waals surface area contributed by atoms with Crippen molar-refractivity contribution >= 4 is 147 Å². The first-order valence-electron chi connectivity index (χ1n) is 32.1. The van der Waals surface area contributed by atoms with Crippen molar-refractivity contribution < 1.29 is 8.83 Å². The van der Waals surface area contributed by atoms with E-state index in [-0.39, 0.29) is 45.9 Å². The Kier molecular flexibility index (Phi) is 12.4. The Bertz CT molecular complexity index is 4680. The van der Waals surface area contributed by atoms with Gasteiger partial charge in [0.15, 0.2) is 0 Å². The van der Waals surface area contributed by atoms with E-state index in [1.165, 1.54) is 82.1 Å². The largest absolute Gasteiger partial charge is 0.468 e. The third-order valence-corrected chi connectivity index (χ3v) is 20.9. The molecule has 0 fully saturated rings.